The van der Waals surface area contributed by atoms with Gasteiger partial charge in [-0.05, 0) is 45.5 Å². The van der Waals surface area contributed by atoms with Crippen LogP contribution < -0.4 is 5.32 Å². The van der Waals surface area contributed by atoms with Crippen molar-refractivity contribution in [1.29, 1.82) is 0 Å². The average Bonchev–Trinajstić information content (AvgIpc) is 2.90. The summed E-state index contributed by atoms with van der Waals surface area (Å²) < 4.78 is 1.28. The molecule has 0 saturated carbocycles. The van der Waals surface area contributed by atoms with E-state index in [9.17, 15) is 0 Å². The lowest BCUT2D eigenvalue weighted by atomic mass is 10.0. The number of benzene rings is 1. The van der Waals surface area contributed by atoms with E-state index in [1.54, 1.807) is 11.3 Å². The van der Waals surface area contributed by atoms with Crippen LogP contribution in [0.25, 0.3) is 10.2 Å². The topological polar surface area (TPSA) is 28.2 Å². The molecule has 1 aliphatic heterocycles. The number of likely N-dealkylation sites (N-methyl/N-ethyl adjacent to an activating group) is 1. The van der Waals surface area contributed by atoms with Gasteiger partial charge in [0.25, 0.3) is 0 Å². The molecule has 0 bridgehead atoms. The van der Waals surface area contributed by atoms with Gasteiger partial charge in [0.2, 0.25) is 0 Å². The van der Waals surface area contributed by atoms with E-state index in [0.29, 0.717) is 12.1 Å². The van der Waals surface area contributed by atoms with E-state index in [2.05, 4.69) is 48.5 Å². The number of nitrogens with one attached hydrogen (secondary N) is 1. The zero-order chi connectivity index (χ0) is 13.9. The first kappa shape index (κ1) is 14.0. The minimum absolute atomic E-state index is 0.336. The number of fused-ring (bicyclic) bond motifs is 1. The van der Waals surface area contributed by atoms with E-state index in [1.807, 2.05) is 0 Å². The number of hydrogen-bond donors (Lipinski definition) is 1. The fourth-order valence-electron chi connectivity index (χ4n) is 2.88. The summed E-state index contributed by atoms with van der Waals surface area (Å²) in [6.45, 7) is 4.52. The van der Waals surface area contributed by atoms with E-state index < -0.39 is 0 Å². The van der Waals surface area contributed by atoms with Crippen LogP contribution in [0.5, 0.6) is 0 Å². The van der Waals surface area contributed by atoms with Gasteiger partial charge >= 0.3 is 0 Å². The Kier molecular flexibility index (Phi) is 4.34. The van der Waals surface area contributed by atoms with Crippen LogP contribution in [-0.4, -0.2) is 36.1 Å². The second kappa shape index (κ2) is 6.20. The smallest absolute Gasteiger partial charge is 0.111 e. The molecule has 1 aromatic heterocycles. The molecule has 0 aliphatic carbocycles. The highest BCUT2D eigenvalue weighted by atomic mass is 32.1. The van der Waals surface area contributed by atoms with Gasteiger partial charge in [0.1, 0.15) is 5.01 Å². The molecule has 2 heterocycles. The van der Waals surface area contributed by atoms with Crippen LogP contribution in [0.4, 0.5) is 0 Å². The molecule has 1 saturated heterocycles. The summed E-state index contributed by atoms with van der Waals surface area (Å²) in [4.78, 5) is 7.23. The number of hydrogen-bond acceptors (Lipinski definition) is 4. The number of thiazole rings is 1. The molecule has 3 nitrogen and oxygen atoms in total. The average molecular weight is 289 g/mol. The number of aromatic nitrogens is 1. The normalized spacial score (nSPS) is 22.2. The lowest BCUT2D eigenvalue weighted by Gasteiger charge is -2.33. The number of para-hydroxylation sites is 1. The first-order valence-corrected chi connectivity index (χ1v) is 8.35. The first-order valence-electron chi connectivity index (χ1n) is 7.53. The quantitative estimate of drug-likeness (QED) is 0.934. The molecule has 20 heavy (non-hydrogen) atoms. The van der Waals surface area contributed by atoms with Crippen molar-refractivity contribution in [2.45, 2.75) is 38.3 Å². The molecule has 0 radical (unpaired) electrons. The van der Waals surface area contributed by atoms with Crippen molar-refractivity contribution in [2.24, 2.45) is 0 Å². The monoisotopic (exact) mass is 289 g/mol. The summed E-state index contributed by atoms with van der Waals surface area (Å²) >= 11 is 1.81. The van der Waals surface area contributed by atoms with Crippen LogP contribution >= 0.6 is 11.3 Å². The van der Waals surface area contributed by atoms with Crippen molar-refractivity contribution in [3.63, 3.8) is 0 Å². The van der Waals surface area contributed by atoms with Crippen molar-refractivity contribution >= 4 is 21.6 Å². The maximum atomic E-state index is 4.74. The van der Waals surface area contributed by atoms with E-state index in [-0.39, 0.29) is 0 Å². The molecule has 2 unspecified atom stereocenters. The summed E-state index contributed by atoms with van der Waals surface area (Å²) in [5.74, 6) is 0. The Balaban J connectivity index is 1.62. The van der Waals surface area contributed by atoms with Crippen molar-refractivity contribution in [3.05, 3.63) is 29.3 Å². The van der Waals surface area contributed by atoms with Crippen molar-refractivity contribution in [1.82, 2.24) is 15.2 Å². The van der Waals surface area contributed by atoms with Gasteiger partial charge < -0.3 is 10.2 Å². The standard InChI is InChI=1S/C16H23N3S/c1-12(17-11-13-7-5-6-10-19(13)2)16-18-14-8-3-4-9-15(14)20-16/h3-4,8-9,12-13,17H,5-7,10-11H2,1-2H3. The predicted octanol–water partition coefficient (Wildman–Crippen LogP) is 3.43. The maximum absolute atomic E-state index is 4.74. The summed E-state index contributed by atoms with van der Waals surface area (Å²) in [5, 5.41) is 4.87. The van der Waals surface area contributed by atoms with E-state index in [1.165, 1.54) is 35.5 Å². The van der Waals surface area contributed by atoms with Crippen LogP contribution in [0.3, 0.4) is 0 Å². The third kappa shape index (κ3) is 3.03. The third-order valence-electron chi connectivity index (χ3n) is 4.26. The van der Waals surface area contributed by atoms with Gasteiger partial charge in [0.05, 0.1) is 16.3 Å². The highest BCUT2D eigenvalue weighted by Crippen LogP contribution is 2.26. The Hall–Kier alpha value is -0.970. The molecule has 1 aliphatic rings. The number of nitrogens with zero attached hydrogens (tertiary/aromatic N) is 2. The molecule has 1 fully saturated rings. The molecular formula is C16H23N3S. The lowest BCUT2D eigenvalue weighted by molar-refractivity contribution is 0.178. The SMILES string of the molecule is CC(NCC1CCCCN1C)c1nc2ccccc2s1. The van der Waals surface area contributed by atoms with Gasteiger partial charge in [-0.1, -0.05) is 18.6 Å². The van der Waals surface area contributed by atoms with Crippen LogP contribution in [0.2, 0.25) is 0 Å². The predicted molar refractivity (Wildman–Crippen MR) is 86.3 cm³/mol. The fraction of sp³-hybridized carbons (Fsp3) is 0.562. The van der Waals surface area contributed by atoms with Crippen LogP contribution in [0, 0.1) is 0 Å². The number of rotatable bonds is 4. The van der Waals surface area contributed by atoms with Gasteiger partial charge in [-0.15, -0.1) is 11.3 Å². The minimum atomic E-state index is 0.336. The van der Waals surface area contributed by atoms with E-state index in [0.717, 1.165) is 12.1 Å². The molecule has 3 rings (SSSR count). The van der Waals surface area contributed by atoms with Gasteiger partial charge in [-0.25, -0.2) is 4.98 Å². The summed E-state index contributed by atoms with van der Waals surface area (Å²) in [5.41, 5.74) is 1.12. The van der Waals surface area contributed by atoms with Crippen LogP contribution in [0.15, 0.2) is 24.3 Å². The van der Waals surface area contributed by atoms with Gasteiger partial charge in [-0.2, -0.15) is 0 Å². The molecule has 2 atom stereocenters. The maximum Gasteiger partial charge on any atom is 0.111 e. The highest BCUT2D eigenvalue weighted by Gasteiger charge is 2.20. The molecule has 108 valence electrons. The minimum Gasteiger partial charge on any atom is -0.307 e. The fourth-order valence-corrected chi connectivity index (χ4v) is 3.87. The van der Waals surface area contributed by atoms with E-state index >= 15 is 0 Å². The second-order valence-corrected chi connectivity index (χ2v) is 6.84. The summed E-state index contributed by atoms with van der Waals surface area (Å²) in [6.07, 6.45) is 4.03. The third-order valence-corrected chi connectivity index (χ3v) is 5.48. The molecule has 1 aromatic carbocycles. The molecular weight excluding hydrogens is 266 g/mol. The lowest BCUT2D eigenvalue weighted by Crippen LogP contribution is -2.43. The van der Waals surface area contributed by atoms with Crippen molar-refractivity contribution in [2.75, 3.05) is 20.1 Å². The zero-order valence-electron chi connectivity index (χ0n) is 12.3. The second-order valence-electron chi connectivity index (χ2n) is 5.78. The first-order chi connectivity index (χ1) is 9.74. The Morgan fingerprint density at radius 3 is 3.05 bits per heavy atom. The molecule has 2 aromatic rings. The summed E-state index contributed by atoms with van der Waals surface area (Å²) in [6, 6.07) is 9.40. The molecule has 0 spiro atoms. The van der Waals surface area contributed by atoms with Gasteiger partial charge in [0.15, 0.2) is 0 Å². The Labute approximate surface area is 125 Å². The molecule has 4 heteroatoms. The summed E-state index contributed by atoms with van der Waals surface area (Å²) in [7, 11) is 2.24. The zero-order valence-corrected chi connectivity index (χ0v) is 13.1. The Morgan fingerprint density at radius 1 is 1.40 bits per heavy atom. The number of piperidine rings is 1. The highest BCUT2D eigenvalue weighted by molar-refractivity contribution is 7.18. The number of likely N-dealkylation sites (tertiary alicyclic amines) is 1. The Bertz CT molecular complexity index is 533. The van der Waals surface area contributed by atoms with Crippen molar-refractivity contribution < 1.29 is 0 Å². The molecule has 0 amide bonds. The van der Waals surface area contributed by atoms with E-state index in [4.69, 9.17) is 4.98 Å². The van der Waals surface area contributed by atoms with Gasteiger partial charge in [0, 0.05) is 12.6 Å². The molecule has 1 N–H and O–H groups in total. The largest absolute Gasteiger partial charge is 0.307 e. The van der Waals surface area contributed by atoms with Crippen LogP contribution in [0.1, 0.15) is 37.2 Å². The van der Waals surface area contributed by atoms with Gasteiger partial charge in [-0.3, -0.25) is 0 Å². The van der Waals surface area contributed by atoms with Crippen LogP contribution in [-0.2, 0) is 0 Å². The Morgan fingerprint density at radius 2 is 2.25 bits per heavy atom. The van der Waals surface area contributed by atoms with Crippen molar-refractivity contribution in [3.8, 4) is 0 Å².